The molecule has 0 spiro atoms. The summed E-state index contributed by atoms with van der Waals surface area (Å²) >= 11 is 0. The third-order valence-electron chi connectivity index (χ3n) is 4.76. The van der Waals surface area contributed by atoms with Gasteiger partial charge in [-0.1, -0.05) is 18.2 Å². The quantitative estimate of drug-likeness (QED) is 0.863. The van der Waals surface area contributed by atoms with Crippen molar-refractivity contribution in [2.75, 3.05) is 13.2 Å². The van der Waals surface area contributed by atoms with Gasteiger partial charge in [0.05, 0.1) is 5.56 Å². The monoisotopic (exact) mass is 353 g/mol. The molecule has 2 aromatic carbocycles. The zero-order chi connectivity index (χ0) is 18.1. The first kappa shape index (κ1) is 16.4. The summed E-state index contributed by atoms with van der Waals surface area (Å²) in [6, 6.07) is 12.4. The van der Waals surface area contributed by atoms with Gasteiger partial charge in [-0.15, -0.1) is 0 Å². The minimum atomic E-state index is -0.973. The highest BCUT2D eigenvalue weighted by molar-refractivity contribution is 5.87. The highest BCUT2D eigenvalue weighted by atomic mass is 16.6. The van der Waals surface area contributed by atoms with E-state index in [0.717, 1.165) is 29.0 Å². The van der Waals surface area contributed by atoms with Crippen molar-refractivity contribution in [2.45, 2.75) is 18.9 Å². The lowest BCUT2D eigenvalue weighted by atomic mass is 10.1. The van der Waals surface area contributed by atoms with Crippen LogP contribution in [-0.4, -0.2) is 30.2 Å². The molecule has 6 nitrogen and oxygen atoms in total. The molecule has 2 aliphatic rings. The molecule has 26 heavy (non-hydrogen) atoms. The zero-order valence-electron chi connectivity index (χ0n) is 14.1. The lowest BCUT2D eigenvalue weighted by Crippen LogP contribution is -2.25. The summed E-state index contributed by atoms with van der Waals surface area (Å²) in [4.78, 5) is 23.4. The van der Waals surface area contributed by atoms with Crippen LogP contribution in [-0.2, 0) is 11.3 Å². The van der Waals surface area contributed by atoms with Gasteiger partial charge in [-0.2, -0.15) is 0 Å². The molecular formula is C20H19NO5. The summed E-state index contributed by atoms with van der Waals surface area (Å²) in [7, 11) is 0. The van der Waals surface area contributed by atoms with Crippen LogP contribution in [0.2, 0.25) is 0 Å². The van der Waals surface area contributed by atoms with E-state index in [0.29, 0.717) is 19.8 Å². The molecule has 134 valence electrons. The molecular weight excluding hydrogens is 334 g/mol. The van der Waals surface area contributed by atoms with E-state index in [4.69, 9.17) is 14.6 Å². The number of hydrogen-bond acceptors (Lipinski definition) is 4. The Morgan fingerprint density at radius 1 is 1.08 bits per heavy atom. The van der Waals surface area contributed by atoms with Crippen LogP contribution in [0.25, 0.3) is 0 Å². The molecule has 0 aromatic heterocycles. The van der Waals surface area contributed by atoms with Gasteiger partial charge in [-0.3, -0.25) is 4.79 Å². The van der Waals surface area contributed by atoms with E-state index < -0.39 is 5.97 Å². The van der Waals surface area contributed by atoms with Crippen LogP contribution < -0.4 is 14.8 Å². The Labute approximate surface area is 150 Å². The van der Waals surface area contributed by atoms with E-state index in [9.17, 15) is 9.59 Å². The van der Waals surface area contributed by atoms with Crippen molar-refractivity contribution in [2.24, 2.45) is 5.92 Å². The lowest BCUT2D eigenvalue weighted by Gasteiger charge is -2.18. The van der Waals surface area contributed by atoms with Crippen LogP contribution in [0.1, 0.15) is 33.8 Å². The van der Waals surface area contributed by atoms with Crippen LogP contribution >= 0.6 is 0 Å². The fourth-order valence-corrected chi connectivity index (χ4v) is 3.28. The molecule has 4 rings (SSSR count). The van der Waals surface area contributed by atoms with E-state index in [1.807, 2.05) is 18.2 Å². The number of hydrogen-bond donors (Lipinski definition) is 2. The number of benzene rings is 2. The molecule has 6 heteroatoms. The smallest absolute Gasteiger partial charge is 0.335 e. The third kappa shape index (κ3) is 3.35. The molecule has 1 saturated carbocycles. The molecule has 0 unspecified atom stereocenters. The molecule has 0 radical (unpaired) electrons. The Morgan fingerprint density at radius 2 is 1.88 bits per heavy atom. The average molecular weight is 353 g/mol. The summed E-state index contributed by atoms with van der Waals surface area (Å²) in [5.74, 6) is 0.645. The van der Waals surface area contributed by atoms with Crippen molar-refractivity contribution in [1.29, 1.82) is 0 Å². The van der Waals surface area contributed by atoms with Crippen molar-refractivity contribution in [3.05, 3.63) is 59.2 Å². The molecule has 1 heterocycles. The molecule has 0 bridgehead atoms. The van der Waals surface area contributed by atoms with Gasteiger partial charge in [0, 0.05) is 12.5 Å². The Balaban J connectivity index is 1.36. The first-order chi connectivity index (χ1) is 12.6. The molecule has 2 atom stereocenters. The summed E-state index contributed by atoms with van der Waals surface area (Å²) in [5.41, 5.74) is 2.08. The lowest BCUT2D eigenvalue weighted by molar-refractivity contribution is -0.122. The summed E-state index contributed by atoms with van der Waals surface area (Å²) in [6.07, 6.45) is 0.806. The largest absolute Gasteiger partial charge is 0.486 e. The number of amides is 1. The van der Waals surface area contributed by atoms with E-state index in [1.54, 1.807) is 18.2 Å². The van der Waals surface area contributed by atoms with Gasteiger partial charge in [0.15, 0.2) is 11.5 Å². The molecule has 1 aliphatic carbocycles. The first-order valence-electron chi connectivity index (χ1n) is 8.61. The van der Waals surface area contributed by atoms with Crippen LogP contribution in [0.15, 0.2) is 42.5 Å². The first-order valence-corrected chi connectivity index (χ1v) is 8.61. The number of aromatic carboxylic acids is 1. The Kier molecular flexibility index (Phi) is 4.24. The summed E-state index contributed by atoms with van der Waals surface area (Å²) in [6.45, 7) is 1.43. The average Bonchev–Trinajstić information content (AvgIpc) is 3.47. The fraction of sp³-hybridized carbons (Fsp3) is 0.300. The number of rotatable bonds is 5. The van der Waals surface area contributed by atoms with Crippen molar-refractivity contribution < 1.29 is 24.2 Å². The summed E-state index contributed by atoms with van der Waals surface area (Å²) in [5, 5.41) is 11.9. The standard InChI is InChI=1S/C20H19NO5/c22-19(21-11-12-2-1-3-14(8-12)20(23)24)16-10-15(16)13-4-5-17-18(9-13)26-7-6-25-17/h1-5,8-9,15-16H,6-7,10-11H2,(H,21,22)(H,23,24)/t15-,16-/m0/s1. The van der Waals surface area contributed by atoms with Crippen molar-refractivity contribution in [3.63, 3.8) is 0 Å². The van der Waals surface area contributed by atoms with Gasteiger partial charge in [-0.05, 0) is 47.7 Å². The highest BCUT2D eigenvalue weighted by Gasteiger charge is 2.44. The second kappa shape index (κ2) is 6.71. The zero-order valence-corrected chi connectivity index (χ0v) is 14.1. The number of carboxylic acid groups (broad SMARTS) is 1. The molecule has 0 saturated heterocycles. The number of fused-ring (bicyclic) bond motifs is 1. The van der Waals surface area contributed by atoms with E-state index in [-0.39, 0.29) is 23.3 Å². The SMILES string of the molecule is O=C(O)c1cccc(CNC(=O)[C@H]2C[C@H]2c2ccc3c(c2)OCCO3)c1. The van der Waals surface area contributed by atoms with E-state index in [2.05, 4.69) is 5.32 Å². The van der Waals surface area contributed by atoms with Gasteiger partial charge < -0.3 is 19.9 Å². The van der Waals surface area contributed by atoms with Crippen LogP contribution in [0.3, 0.4) is 0 Å². The van der Waals surface area contributed by atoms with Gasteiger partial charge in [0.25, 0.3) is 0 Å². The van der Waals surface area contributed by atoms with Gasteiger partial charge in [0.1, 0.15) is 13.2 Å². The van der Waals surface area contributed by atoms with Gasteiger partial charge in [-0.25, -0.2) is 4.79 Å². The van der Waals surface area contributed by atoms with Crippen molar-refractivity contribution in [1.82, 2.24) is 5.32 Å². The minimum absolute atomic E-state index is 0.00869. The maximum Gasteiger partial charge on any atom is 0.335 e. The number of carbonyl (C=O) groups is 2. The predicted molar refractivity (Wildman–Crippen MR) is 93.5 cm³/mol. The normalized spacial score (nSPS) is 20.3. The maximum atomic E-state index is 12.4. The second-order valence-corrected chi connectivity index (χ2v) is 6.58. The van der Waals surface area contributed by atoms with Crippen LogP contribution in [0, 0.1) is 5.92 Å². The predicted octanol–water partition coefficient (Wildman–Crippen LogP) is 2.58. The van der Waals surface area contributed by atoms with Gasteiger partial charge in [0.2, 0.25) is 5.91 Å². The minimum Gasteiger partial charge on any atom is -0.486 e. The Morgan fingerprint density at radius 3 is 2.69 bits per heavy atom. The van der Waals surface area contributed by atoms with Crippen LogP contribution in [0.4, 0.5) is 0 Å². The molecule has 2 aromatic rings. The van der Waals surface area contributed by atoms with Crippen molar-refractivity contribution >= 4 is 11.9 Å². The van der Waals surface area contributed by atoms with E-state index in [1.165, 1.54) is 6.07 Å². The Bertz CT molecular complexity index is 863. The fourth-order valence-electron chi connectivity index (χ4n) is 3.28. The summed E-state index contributed by atoms with van der Waals surface area (Å²) < 4.78 is 11.1. The molecule has 1 fully saturated rings. The molecule has 2 N–H and O–H groups in total. The third-order valence-corrected chi connectivity index (χ3v) is 4.76. The van der Waals surface area contributed by atoms with Crippen LogP contribution in [0.5, 0.6) is 11.5 Å². The molecule has 1 amide bonds. The topological polar surface area (TPSA) is 84.9 Å². The van der Waals surface area contributed by atoms with E-state index >= 15 is 0 Å². The maximum absolute atomic E-state index is 12.4. The highest BCUT2D eigenvalue weighted by Crippen LogP contribution is 2.49. The van der Waals surface area contributed by atoms with Crippen molar-refractivity contribution in [3.8, 4) is 11.5 Å². The van der Waals surface area contributed by atoms with Gasteiger partial charge >= 0.3 is 5.97 Å². The number of nitrogens with one attached hydrogen (secondary N) is 1. The number of ether oxygens (including phenoxy) is 2. The Hall–Kier alpha value is -3.02. The number of carboxylic acids is 1. The number of carbonyl (C=O) groups excluding carboxylic acids is 1. The second-order valence-electron chi connectivity index (χ2n) is 6.58. The molecule has 1 aliphatic heterocycles.